The zero-order valence-corrected chi connectivity index (χ0v) is 12.2. The number of hydrogen-bond donors (Lipinski definition) is 2. The molecule has 0 aromatic heterocycles. The van der Waals surface area contributed by atoms with Gasteiger partial charge in [0.1, 0.15) is 11.9 Å². The molecule has 3 rings (SSSR count). The molecule has 0 saturated heterocycles. The number of carbonyl (C=O) groups is 2. The van der Waals surface area contributed by atoms with E-state index in [9.17, 15) is 9.59 Å². The van der Waals surface area contributed by atoms with Crippen molar-refractivity contribution in [3.63, 3.8) is 0 Å². The zero-order valence-electron chi connectivity index (χ0n) is 12.2. The standard InChI is InChI=1S/C17H16O5/c1-17(2)11-5-3-9(15(18)19)7-13(11)22-14-8-10(16(20)21)4-6-12(14)17/h3-8,11,13H,1-2H3,(H,18,19)(H,20,21). The van der Waals surface area contributed by atoms with Crippen molar-refractivity contribution in [3.8, 4) is 5.75 Å². The molecule has 114 valence electrons. The van der Waals surface area contributed by atoms with Gasteiger partial charge in [-0.25, -0.2) is 9.59 Å². The first-order valence-corrected chi connectivity index (χ1v) is 6.98. The number of carboxylic acids is 2. The molecule has 0 saturated carbocycles. The third kappa shape index (κ3) is 2.09. The van der Waals surface area contributed by atoms with E-state index in [0.717, 1.165) is 5.56 Å². The van der Waals surface area contributed by atoms with Crippen molar-refractivity contribution in [1.29, 1.82) is 0 Å². The van der Waals surface area contributed by atoms with E-state index in [2.05, 4.69) is 13.8 Å². The molecule has 0 radical (unpaired) electrons. The zero-order chi connectivity index (χ0) is 16.1. The summed E-state index contributed by atoms with van der Waals surface area (Å²) in [5.74, 6) is -1.51. The maximum absolute atomic E-state index is 11.1. The predicted molar refractivity (Wildman–Crippen MR) is 79.2 cm³/mol. The predicted octanol–water partition coefficient (Wildman–Crippen LogP) is 2.62. The Bertz CT molecular complexity index is 727. The highest BCUT2D eigenvalue weighted by Gasteiger charge is 2.43. The van der Waals surface area contributed by atoms with Gasteiger partial charge in [-0.3, -0.25) is 0 Å². The van der Waals surface area contributed by atoms with Gasteiger partial charge in [0.05, 0.1) is 11.1 Å². The average Bonchev–Trinajstić information content (AvgIpc) is 2.46. The van der Waals surface area contributed by atoms with Crippen molar-refractivity contribution in [3.05, 3.63) is 53.1 Å². The molecule has 1 aromatic rings. The lowest BCUT2D eigenvalue weighted by Gasteiger charge is -2.44. The number of aromatic carboxylic acids is 1. The fraction of sp³-hybridized carbons (Fsp3) is 0.294. The molecule has 1 aromatic carbocycles. The van der Waals surface area contributed by atoms with Gasteiger partial charge in [0.2, 0.25) is 0 Å². The number of hydrogen-bond acceptors (Lipinski definition) is 3. The van der Waals surface area contributed by atoms with E-state index in [-0.39, 0.29) is 22.5 Å². The Kier molecular flexibility index (Phi) is 3.09. The van der Waals surface area contributed by atoms with Crippen LogP contribution in [-0.4, -0.2) is 28.3 Å². The van der Waals surface area contributed by atoms with E-state index in [4.69, 9.17) is 14.9 Å². The summed E-state index contributed by atoms with van der Waals surface area (Å²) in [5, 5.41) is 18.2. The Morgan fingerprint density at radius 1 is 1.18 bits per heavy atom. The minimum Gasteiger partial charge on any atom is -0.485 e. The molecule has 2 aliphatic rings. The van der Waals surface area contributed by atoms with Crippen LogP contribution in [0.4, 0.5) is 0 Å². The molecule has 22 heavy (non-hydrogen) atoms. The lowest BCUT2D eigenvalue weighted by atomic mass is 9.67. The smallest absolute Gasteiger partial charge is 0.335 e. The van der Waals surface area contributed by atoms with E-state index in [0.29, 0.717) is 5.75 Å². The number of fused-ring (bicyclic) bond motifs is 2. The van der Waals surface area contributed by atoms with Gasteiger partial charge in [-0.2, -0.15) is 0 Å². The first-order chi connectivity index (χ1) is 10.3. The van der Waals surface area contributed by atoms with Gasteiger partial charge in [-0.1, -0.05) is 32.1 Å². The molecule has 2 atom stereocenters. The molecule has 0 spiro atoms. The van der Waals surface area contributed by atoms with Crippen LogP contribution in [0.1, 0.15) is 29.8 Å². The number of aliphatic carboxylic acids is 1. The normalized spacial score (nSPS) is 24.5. The maximum Gasteiger partial charge on any atom is 0.335 e. The molecule has 0 amide bonds. The lowest BCUT2D eigenvalue weighted by Crippen LogP contribution is -2.44. The highest BCUT2D eigenvalue weighted by molar-refractivity contribution is 5.90. The molecular weight excluding hydrogens is 284 g/mol. The van der Waals surface area contributed by atoms with Crippen molar-refractivity contribution < 1.29 is 24.5 Å². The van der Waals surface area contributed by atoms with Crippen molar-refractivity contribution in [2.75, 3.05) is 0 Å². The molecular formula is C17H16O5. The molecule has 0 fully saturated rings. The Morgan fingerprint density at radius 2 is 1.91 bits per heavy atom. The van der Waals surface area contributed by atoms with E-state index < -0.39 is 18.0 Å². The second kappa shape index (κ2) is 4.73. The molecule has 1 aliphatic carbocycles. The van der Waals surface area contributed by atoms with Crippen LogP contribution < -0.4 is 4.74 Å². The summed E-state index contributed by atoms with van der Waals surface area (Å²) in [7, 11) is 0. The van der Waals surface area contributed by atoms with Gasteiger partial charge < -0.3 is 14.9 Å². The van der Waals surface area contributed by atoms with Crippen LogP contribution in [0.25, 0.3) is 0 Å². The Balaban J connectivity index is 2.09. The van der Waals surface area contributed by atoms with Crippen molar-refractivity contribution >= 4 is 11.9 Å². The molecule has 1 heterocycles. The second-order valence-corrected chi connectivity index (χ2v) is 6.13. The Hall–Kier alpha value is -2.56. The van der Waals surface area contributed by atoms with Crippen LogP contribution in [0.15, 0.2) is 42.0 Å². The number of ether oxygens (including phenoxy) is 1. The van der Waals surface area contributed by atoms with Crippen molar-refractivity contribution in [2.45, 2.75) is 25.4 Å². The monoisotopic (exact) mass is 300 g/mol. The topological polar surface area (TPSA) is 83.8 Å². The molecule has 5 heteroatoms. The third-order valence-electron chi connectivity index (χ3n) is 4.45. The number of carboxylic acid groups (broad SMARTS) is 2. The summed E-state index contributed by atoms with van der Waals surface area (Å²) in [5.41, 5.74) is 0.985. The fourth-order valence-electron chi connectivity index (χ4n) is 3.17. The summed E-state index contributed by atoms with van der Waals surface area (Å²) in [6.45, 7) is 4.10. The summed E-state index contributed by atoms with van der Waals surface area (Å²) < 4.78 is 5.89. The summed E-state index contributed by atoms with van der Waals surface area (Å²) >= 11 is 0. The Morgan fingerprint density at radius 3 is 2.55 bits per heavy atom. The van der Waals surface area contributed by atoms with Crippen LogP contribution in [0.5, 0.6) is 5.75 Å². The Labute approximate surface area is 127 Å². The van der Waals surface area contributed by atoms with E-state index in [1.165, 1.54) is 6.07 Å². The highest BCUT2D eigenvalue weighted by atomic mass is 16.5. The fourth-order valence-corrected chi connectivity index (χ4v) is 3.17. The summed E-state index contributed by atoms with van der Waals surface area (Å²) in [6.07, 6.45) is 4.64. The molecule has 2 N–H and O–H groups in total. The summed E-state index contributed by atoms with van der Waals surface area (Å²) in [4.78, 5) is 22.2. The van der Waals surface area contributed by atoms with Gasteiger partial charge in [-0.15, -0.1) is 0 Å². The lowest BCUT2D eigenvalue weighted by molar-refractivity contribution is -0.132. The minimum atomic E-state index is -1.02. The number of rotatable bonds is 2. The first kappa shape index (κ1) is 14.4. The molecule has 0 bridgehead atoms. The molecule has 2 unspecified atom stereocenters. The minimum absolute atomic E-state index is 0.00113. The van der Waals surface area contributed by atoms with Crippen molar-refractivity contribution in [2.24, 2.45) is 5.92 Å². The first-order valence-electron chi connectivity index (χ1n) is 6.98. The summed E-state index contributed by atoms with van der Waals surface area (Å²) in [6, 6.07) is 4.85. The van der Waals surface area contributed by atoms with Gasteiger partial charge in [0.15, 0.2) is 0 Å². The third-order valence-corrected chi connectivity index (χ3v) is 4.45. The SMILES string of the molecule is CC1(C)c2ccc(C(=O)O)cc2OC2C=C(C(=O)O)C=CC21. The number of benzene rings is 1. The van der Waals surface area contributed by atoms with Gasteiger partial charge in [0.25, 0.3) is 0 Å². The second-order valence-electron chi connectivity index (χ2n) is 6.13. The average molecular weight is 300 g/mol. The van der Waals surface area contributed by atoms with E-state index in [1.54, 1.807) is 24.3 Å². The van der Waals surface area contributed by atoms with E-state index >= 15 is 0 Å². The van der Waals surface area contributed by atoms with Crippen molar-refractivity contribution in [1.82, 2.24) is 0 Å². The quantitative estimate of drug-likeness (QED) is 0.877. The van der Waals surface area contributed by atoms with Crippen LogP contribution in [0.3, 0.4) is 0 Å². The van der Waals surface area contributed by atoms with Crippen LogP contribution >= 0.6 is 0 Å². The van der Waals surface area contributed by atoms with Gasteiger partial charge in [-0.05, 0) is 18.2 Å². The molecule has 5 nitrogen and oxygen atoms in total. The van der Waals surface area contributed by atoms with Crippen LogP contribution in [-0.2, 0) is 10.2 Å². The van der Waals surface area contributed by atoms with E-state index in [1.807, 2.05) is 6.08 Å². The molecule has 1 aliphatic heterocycles. The highest BCUT2D eigenvalue weighted by Crippen LogP contribution is 2.47. The van der Waals surface area contributed by atoms with Gasteiger partial charge in [0, 0.05) is 16.9 Å². The largest absolute Gasteiger partial charge is 0.485 e. The maximum atomic E-state index is 11.1. The van der Waals surface area contributed by atoms with Gasteiger partial charge >= 0.3 is 11.9 Å². The van der Waals surface area contributed by atoms with Crippen LogP contribution in [0, 0.1) is 5.92 Å². The van der Waals surface area contributed by atoms with Crippen LogP contribution in [0.2, 0.25) is 0 Å².